The molecule has 118 valence electrons. The Morgan fingerprint density at radius 2 is 1.90 bits per heavy atom. The van der Waals surface area contributed by atoms with Crippen LogP contribution in [0.2, 0.25) is 0 Å². The molecule has 0 aliphatic heterocycles. The van der Waals surface area contributed by atoms with Crippen molar-refractivity contribution in [1.82, 2.24) is 10.2 Å². The van der Waals surface area contributed by atoms with Gasteiger partial charge in [-0.2, -0.15) is 0 Å². The number of urea groups is 1. The third-order valence-corrected chi connectivity index (χ3v) is 2.58. The summed E-state index contributed by atoms with van der Waals surface area (Å²) in [6.45, 7) is 11.5. The lowest BCUT2D eigenvalue weighted by Gasteiger charge is -2.35. The molecule has 0 unspecified atom stereocenters. The molecule has 2 amide bonds. The minimum absolute atomic E-state index is 0.0610. The predicted octanol–water partition coefficient (Wildman–Crippen LogP) is 1.94. The van der Waals surface area contributed by atoms with Gasteiger partial charge in [0.1, 0.15) is 0 Å². The van der Waals surface area contributed by atoms with Crippen LogP contribution in [0.4, 0.5) is 4.79 Å². The second-order valence-electron chi connectivity index (χ2n) is 6.17. The fourth-order valence-corrected chi connectivity index (χ4v) is 1.59. The summed E-state index contributed by atoms with van der Waals surface area (Å²) < 4.78 is 5.38. The van der Waals surface area contributed by atoms with Crippen molar-refractivity contribution in [3.63, 3.8) is 0 Å². The molecule has 0 spiro atoms. The van der Waals surface area contributed by atoms with Crippen molar-refractivity contribution in [2.45, 2.75) is 46.6 Å². The van der Waals surface area contributed by atoms with E-state index in [-0.39, 0.29) is 19.0 Å². The second kappa shape index (κ2) is 8.79. The largest absolute Gasteiger partial charge is 0.481 e. The number of nitrogens with one attached hydrogen (secondary N) is 1. The maximum absolute atomic E-state index is 12.1. The summed E-state index contributed by atoms with van der Waals surface area (Å²) in [6, 6.07) is -0.258. The number of rotatable bonds is 8. The lowest BCUT2D eigenvalue weighted by molar-refractivity contribution is -0.137. The van der Waals surface area contributed by atoms with Crippen molar-refractivity contribution in [3.05, 3.63) is 0 Å². The van der Waals surface area contributed by atoms with Gasteiger partial charge in [-0.15, -0.1) is 0 Å². The molecule has 0 aromatic carbocycles. The van der Waals surface area contributed by atoms with E-state index in [1.54, 1.807) is 0 Å². The summed E-state index contributed by atoms with van der Waals surface area (Å²) in [5.74, 6) is -0.445. The lowest BCUT2D eigenvalue weighted by atomic mass is 10.1. The number of amides is 2. The highest BCUT2D eigenvalue weighted by molar-refractivity contribution is 5.76. The summed E-state index contributed by atoms with van der Waals surface area (Å²) >= 11 is 0. The summed E-state index contributed by atoms with van der Waals surface area (Å²) in [6.07, 6.45) is -0.0610. The fourth-order valence-electron chi connectivity index (χ4n) is 1.59. The highest BCUT2D eigenvalue weighted by atomic mass is 16.5. The van der Waals surface area contributed by atoms with Crippen molar-refractivity contribution in [1.29, 1.82) is 0 Å². The van der Waals surface area contributed by atoms with E-state index >= 15 is 0 Å². The first-order chi connectivity index (χ1) is 9.14. The van der Waals surface area contributed by atoms with Gasteiger partial charge in [-0.1, -0.05) is 13.8 Å². The SMILES string of the molecule is CC(C)COCCNC(=O)N(CCC(=O)O)C(C)(C)C. The molecular formula is C14H28N2O4. The van der Waals surface area contributed by atoms with Crippen LogP contribution in [0.15, 0.2) is 0 Å². The molecule has 0 heterocycles. The molecule has 0 saturated carbocycles. The maximum Gasteiger partial charge on any atom is 0.317 e. The molecule has 2 N–H and O–H groups in total. The van der Waals surface area contributed by atoms with Gasteiger partial charge in [0.25, 0.3) is 0 Å². The van der Waals surface area contributed by atoms with Crippen molar-refractivity contribution < 1.29 is 19.4 Å². The predicted molar refractivity (Wildman–Crippen MR) is 77.8 cm³/mol. The maximum atomic E-state index is 12.1. The van der Waals surface area contributed by atoms with E-state index in [0.717, 1.165) is 0 Å². The lowest BCUT2D eigenvalue weighted by Crippen LogP contribution is -2.51. The zero-order valence-electron chi connectivity index (χ0n) is 13.2. The Balaban J connectivity index is 4.18. The number of carboxylic acids is 1. The molecule has 0 saturated heterocycles. The third-order valence-electron chi connectivity index (χ3n) is 2.58. The molecule has 0 fully saturated rings. The Labute approximate surface area is 121 Å². The van der Waals surface area contributed by atoms with Crippen molar-refractivity contribution in [3.8, 4) is 0 Å². The Morgan fingerprint density at radius 1 is 1.30 bits per heavy atom. The number of hydrogen-bond acceptors (Lipinski definition) is 3. The molecule has 0 atom stereocenters. The molecule has 0 aliphatic rings. The van der Waals surface area contributed by atoms with Crippen LogP contribution in [0.3, 0.4) is 0 Å². The summed E-state index contributed by atoms with van der Waals surface area (Å²) in [4.78, 5) is 24.2. The average molecular weight is 288 g/mol. The van der Waals surface area contributed by atoms with E-state index in [0.29, 0.717) is 25.7 Å². The van der Waals surface area contributed by atoms with Gasteiger partial charge >= 0.3 is 12.0 Å². The average Bonchev–Trinajstić information content (AvgIpc) is 2.25. The van der Waals surface area contributed by atoms with Crippen LogP contribution >= 0.6 is 0 Å². The van der Waals surface area contributed by atoms with E-state index in [1.807, 2.05) is 20.8 Å². The minimum atomic E-state index is -0.910. The quantitative estimate of drug-likeness (QED) is 0.669. The van der Waals surface area contributed by atoms with Crippen LogP contribution in [-0.2, 0) is 9.53 Å². The number of carbonyl (C=O) groups is 2. The van der Waals surface area contributed by atoms with Crippen LogP contribution in [0.5, 0.6) is 0 Å². The van der Waals surface area contributed by atoms with Gasteiger partial charge in [0, 0.05) is 25.2 Å². The second-order valence-corrected chi connectivity index (χ2v) is 6.17. The highest BCUT2D eigenvalue weighted by Crippen LogP contribution is 2.13. The normalized spacial score (nSPS) is 11.5. The monoisotopic (exact) mass is 288 g/mol. The van der Waals surface area contributed by atoms with Crippen LogP contribution in [0.25, 0.3) is 0 Å². The van der Waals surface area contributed by atoms with Gasteiger partial charge in [0.15, 0.2) is 0 Å². The van der Waals surface area contributed by atoms with E-state index < -0.39 is 11.5 Å². The van der Waals surface area contributed by atoms with Gasteiger partial charge in [0.05, 0.1) is 13.0 Å². The summed E-state index contributed by atoms with van der Waals surface area (Å²) in [5.41, 5.74) is -0.418. The Bertz CT molecular complexity index is 311. The number of ether oxygens (including phenoxy) is 1. The minimum Gasteiger partial charge on any atom is -0.481 e. The van der Waals surface area contributed by atoms with Gasteiger partial charge < -0.3 is 20.1 Å². The van der Waals surface area contributed by atoms with Crippen LogP contribution in [0, 0.1) is 5.92 Å². The van der Waals surface area contributed by atoms with E-state index in [9.17, 15) is 9.59 Å². The molecule has 6 heteroatoms. The Kier molecular flexibility index (Phi) is 8.22. The van der Waals surface area contributed by atoms with Gasteiger partial charge in [0.2, 0.25) is 0 Å². The third kappa shape index (κ3) is 8.74. The Hall–Kier alpha value is -1.30. The first-order valence-corrected chi connectivity index (χ1v) is 6.99. The number of carbonyl (C=O) groups excluding carboxylic acids is 1. The highest BCUT2D eigenvalue weighted by Gasteiger charge is 2.26. The number of aliphatic carboxylic acids is 1. The Morgan fingerprint density at radius 3 is 2.35 bits per heavy atom. The first-order valence-electron chi connectivity index (χ1n) is 6.99. The van der Waals surface area contributed by atoms with Crippen LogP contribution in [-0.4, -0.2) is 53.8 Å². The molecule has 0 aliphatic carbocycles. The van der Waals surface area contributed by atoms with Crippen molar-refractivity contribution in [2.75, 3.05) is 26.3 Å². The van der Waals surface area contributed by atoms with E-state index in [4.69, 9.17) is 9.84 Å². The topological polar surface area (TPSA) is 78.9 Å². The van der Waals surface area contributed by atoms with Crippen LogP contribution in [0.1, 0.15) is 41.0 Å². The molecule has 0 aromatic rings. The standard InChI is InChI=1S/C14H28N2O4/c1-11(2)10-20-9-7-15-13(19)16(14(3,4)5)8-6-12(17)18/h11H,6-10H2,1-5H3,(H,15,19)(H,17,18). The smallest absolute Gasteiger partial charge is 0.317 e. The molecular weight excluding hydrogens is 260 g/mol. The van der Waals surface area contributed by atoms with Gasteiger partial charge in [-0.25, -0.2) is 4.79 Å². The number of carboxylic acid groups (broad SMARTS) is 1. The zero-order valence-corrected chi connectivity index (χ0v) is 13.2. The summed E-state index contributed by atoms with van der Waals surface area (Å²) in [5, 5.41) is 11.5. The molecule has 0 aromatic heterocycles. The molecule has 6 nitrogen and oxygen atoms in total. The molecule has 0 radical (unpaired) electrons. The number of nitrogens with zero attached hydrogens (tertiary/aromatic N) is 1. The fraction of sp³-hybridized carbons (Fsp3) is 0.857. The summed E-state index contributed by atoms with van der Waals surface area (Å²) in [7, 11) is 0. The van der Waals surface area contributed by atoms with Crippen molar-refractivity contribution in [2.24, 2.45) is 5.92 Å². The van der Waals surface area contributed by atoms with E-state index in [1.165, 1.54) is 4.90 Å². The number of hydrogen-bond donors (Lipinski definition) is 2. The van der Waals surface area contributed by atoms with Crippen molar-refractivity contribution >= 4 is 12.0 Å². The van der Waals surface area contributed by atoms with Crippen LogP contribution < -0.4 is 5.32 Å². The molecule has 20 heavy (non-hydrogen) atoms. The van der Waals surface area contributed by atoms with Gasteiger partial charge in [-0.05, 0) is 26.7 Å². The molecule has 0 rings (SSSR count). The molecule has 0 bridgehead atoms. The first kappa shape index (κ1) is 18.7. The van der Waals surface area contributed by atoms with E-state index in [2.05, 4.69) is 19.2 Å². The van der Waals surface area contributed by atoms with Gasteiger partial charge in [-0.3, -0.25) is 4.79 Å². The zero-order chi connectivity index (χ0) is 15.8.